The maximum absolute atomic E-state index is 12.6. The number of hydrogen-bond acceptors (Lipinski definition) is 5. The summed E-state index contributed by atoms with van der Waals surface area (Å²) in [6, 6.07) is 14.1. The van der Waals surface area contributed by atoms with Crippen LogP contribution in [0.25, 0.3) is 0 Å². The number of aryl methyl sites for hydroxylation is 1. The van der Waals surface area contributed by atoms with Gasteiger partial charge in [0.05, 0.1) is 17.4 Å². The van der Waals surface area contributed by atoms with Gasteiger partial charge in [0.1, 0.15) is 0 Å². The molecule has 5 nitrogen and oxygen atoms in total. The molecule has 0 saturated carbocycles. The summed E-state index contributed by atoms with van der Waals surface area (Å²) in [5, 5.41) is 23.3. The Bertz CT molecular complexity index is 821. The van der Waals surface area contributed by atoms with E-state index in [1.54, 1.807) is 42.5 Å². The van der Waals surface area contributed by atoms with Crippen molar-refractivity contribution < 1.29 is 24.6 Å². The highest BCUT2D eigenvalue weighted by Gasteiger charge is 2.40. The van der Waals surface area contributed by atoms with Crippen molar-refractivity contribution in [2.75, 3.05) is 0 Å². The minimum absolute atomic E-state index is 0.102. The molecule has 0 aliphatic rings. The summed E-state index contributed by atoms with van der Waals surface area (Å²) in [5.41, 5.74) is -1.62. The fourth-order valence-corrected chi connectivity index (χ4v) is 2.68. The number of carbonyl (C=O) groups excluding carboxylic acids is 3. The molecule has 1 unspecified atom stereocenters. The Balaban J connectivity index is 2.56. The number of carbonyl (C=O) groups is 3. The van der Waals surface area contributed by atoms with Crippen molar-refractivity contribution in [2.24, 2.45) is 0 Å². The number of ketones is 1. The van der Waals surface area contributed by atoms with E-state index in [0.29, 0.717) is 0 Å². The Labute approximate surface area is 145 Å². The van der Waals surface area contributed by atoms with Gasteiger partial charge in [0.2, 0.25) is 0 Å². The van der Waals surface area contributed by atoms with Crippen LogP contribution < -0.4 is 10.2 Å². The summed E-state index contributed by atoms with van der Waals surface area (Å²) in [6.07, 6.45) is -0.630. The van der Waals surface area contributed by atoms with E-state index in [-0.39, 0.29) is 11.1 Å². The van der Waals surface area contributed by atoms with Gasteiger partial charge in [0.25, 0.3) is 0 Å². The van der Waals surface area contributed by atoms with E-state index in [1.807, 2.05) is 6.92 Å². The number of aliphatic carboxylic acids is 2. The lowest BCUT2D eigenvalue weighted by atomic mass is 9.70. The van der Waals surface area contributed by atoms with Gasteiger partial charge < -0.3 is 19.8 Å². The van der Waals surface area contributed by atoms with Crippen LogP contribution in [0.2, 0.25) is 0 Å². The molecular formula is C20H16O5-2. The second-order valence-electron chi connectivity index (χ2n) is 5.79. The third-order valence-corrected chi connectivity index (χ3v) is 4.18. The Morgan fingerprint density at radius 3 is 2.00 bits per heavy atom. The number of Topliss-reactive ketones (excluding diaryl/α,β-unsaturated/α-hetero) is 1. The van der Waals surface area contributed by atoms with Crippen molar-refractivity contribution in [1.29, 1.82) is 0 Å². The minimum atomic E-state index is -2.21. The lowest BCUT2D eigenvalue weighted by molar-refractivity contribution is -0.317. The highest BCUT2D eigenvalue weighted by molar-refractivity contribution is 6.05. The van der Waals surface area contributed by atoms with Crippen LogP contribution >= 0.6 is 0 Å². The number of rotatable bonds is 7. The van der Waals surface area contributed by atoms with E-state index < -0.39 is 35.1 Å². The van der Waals surface area contributed by atoms with Gasteiger partial charge in [-0.25, -0.2) is 0 Å². The lowest BCUT2D eigenvalue weighted by Gasteiger charge is -2.37. The minimum Gasteiger partial charge on any atom is -0.549 e. The monoisotopic (exact) mass is 336 g/mol. The zero-order valence-electron chi connectivity index (χ0n) is 13.7. The molecule has 5 heteroatoms. The van der Waals surface area contributed by atoms with Crippen molar-refractivity contribution in [3.63, 3.8) is 0 Å². The molecule has 0 aliphatic heterocycles. The highest BCUT2D eigenvalue weighted by atomic mass is 16.4. The van der Waals surface area contributed by atoms with Crippen LogP contribution in [0.4, 0.5) is 0 Å². The summed E-state index contributed by atoms with van der Waals surface area (Å²) in [7, 11) is 0. The van der Waals surface area contributed by atoms with Crippen LogP contribution in [0.3, 0.4) is 0 Å². The van der Waals surface area contributed by atoms with Gasteiger partial charge in [0.15, 0.2) is 5.78 Å². The summed E-state index contributed by atoms with van der Waals surface area (Å²) in [6.45, 7) is 5.20. The SMILES string of the molecule is C=C(C(=O)[O-])C(CC(=O)c1ccc(C)cc1)(C(=O)[O-])c1ccccc1. The lowest BCUT2D eigenvalue weighted by Crippen LogP contribution is -2.52. The molecule has 0 bridgehead atoms. The Hall–Kier alpha value is -3.21. The van der Waals surface area contributed by atoms with Gasteiger partial charge in [-0.15, -0.1) is 0 Å². The first-order valence-corrected chi connectivity index (χ1v) is 7.56. The van der Waals surface area contributed by atoms with Crippen LogP contribution in [-0.4, -0.2) is 17.7 Å². The summed E-state index contributed by atoms with van der Waals surface area (Å²) in [4.78, 5) is 36.0. The third kappa shape index (κ3) is 3.50. The number of carboxylic acid groups (broad SMARTS) is 2. The Kier molecular flexibility index (Phi) is 5.17. The van der Waals surface area contributed by atoms with Gasteiger partial charge in [-0.3, -0.25) is 4.79 Å². The van der Waals surface area contributed by atoms with E-state index in [2.05, 4.69) is 6.58 Å². The predicted octanol–water partition coefficient (Wildman–Crippen LogP) is 0.562. The van der Waals surface area contributed by atoms with Gasteiger partial charge in [0, 0.05) is 12.0 Å². The highest BCUT2D eigenvalue weighted by Crippen LogP contribution is 2.36. The largest absolute Gasteiger partial charge is 0.549 e. The Morgan fingerprint density at radius 2 is 1.52 bits per heavy atom. The summed E-state index contributed by atoms with van der Waals surface area (Å²) < 4.78 is 0. The van der Waals surface area contributed by atoms with Gasteiger partial charge >= 0.3 is 0 Å². The first-order valence-electron chi connectivity index (χ1n) is 7.56. The van der Waals surface area contributed by atoms with Crippen LogP contribution in [0, 0.1) is 6.92 Å². The molecule has 0 heterocycles. The fourth-order valence-electron chi connectivity index (χ4n) is 2.68. The molecule has 0 fully saturated rings. The van der Waals surface area contributed by atoms with Crippen LogP contribution in [0.15, 0.2) is 66.7 Å². The average Bonchev–Trinajstić information content (AvgIpc) is 2.59. The quantitative estimate of drug-likeness (QED) is 0.544. The maximum Gasteiger partial charge on any atom is 0.164 e. The molecule has 2 rings (SSSR count). The standard InChI is InChI=1S/C20H18O5/c1-13-8-10-15(11-9-13)17(21)12-20(19(24)25,14(2)18(22)23)16-6-4-3-5-7-16/h3-11H,2,12H2,1H3,(H,22,23)(H,24,25)/p-2. The third-order valence-electron chi connectivity index (χ3n) is 4.18. The maximum atomic E-state index is 12.6. The molecule has 0 radical (unpaired) electrons. The number of carboxylic acids is 2. The van der Waals surface area contributed by atoms with Crippen LogP contribution in [0.1, 0.15) is 27.9 Å². The molecule has 2 aromatic carbocycles. The van der Waals surface area contributed by atoms with E-state index in [0.717, 1.165) is 5.56 Å². The van der Waals surface area contributed by atoms with Crippen LogP contribution in [-0.2, 0) is 15.0 Å². The molecule has 1 atom stereocenters. The first-order chi connectivity index (χ1) is 11.8. The van der Waals surface area contributed by atoms with Crippen molar-refractivity contribution >= 4 is 17.7 Å². The van der Waals surface area contributed by atoms with Crippen molar-refractivity contribution in [2.45, 2.75) is 18.8 Å². The average molecular weight is 336 g/mol. The molecule has 0 saturated heterocycles. The zero-order chi connectivity index (χ0) is 18.6. The molecular weight excluding hydrogens is 320 g/mol. The Morgan fingerprint density at radius 1 is 0.960 bits per heavy atom. The summed E-state index contributed by atoms with van der Waals surface area (Å²) >= 11 is 0. The van der Waals surface area contributed by atoms with E-state index in [4.69, 9.17) is 0 Å². The fraction of sp³-hybridized carbons (Fsp3) is 0.150. The predicted molar refractivity (Wildman–Crippen MR) is 87.4 cm³/mol. The zero-order valence-corrected chi connectivity index (χ0v) is 13.7. The molecule has 0 spiro atoms. The molecule has 0 N–H and O–H groups in total. The molecule has 2 aromatic rings. The molecule has 0 aliphatic carbocycles. The van der Waals surface area contributed by atoms with Crippen LogP contribution in [0.5, 0.6) is 0 Å². The van der Waals surface area contributed by atoms with Gasteiger partial charge in [-0.2, -0.15) is 0 Å². The van der Waals surface area contributed by atoms with E-state index in [9.17, 15) is 24.6 Å². The van der Waals surface area contributed by atoms with Crippen molar-refractivity contribution in [3.05, 3.63) is 83.4 Å². The van der Waals surface area contributed by atoms with Gasteiger partial charge in [-0.1, -0.05) is 66.7 Å². The molecule has 128 valence electrons. The number of benzene rings is 2. The molecule has 0 amide bonds. The van der Waals surface area contributed by atoms with E-state index in [1.165, 1.54) is 12.1 Å². The second kappa shape index (κ2) is 7.13. The second-order valence-corrected chi connectivity index (χ2v) is 5.79. The summed E-state index contributed by atoms with van der Waals surface area (Å²) in [5.74, 6) is -3.99. The number of hydrogen-bond donors (Lipinski definition) is 0. The topological polar surface area (TPSA) is 97.3 Å². The molecule has 25 heavy (non-hydrogen) atoms. The van der Waals surface area contributed by atoms with Crippen molar-refractivity contribution in [3.8, 4) is 0 Å². The normalized spacial score (nSPS) is 12.8. The van der Waals surface area contributed by atoms with E-state index >= 15 is 0 Å². The first kappa shape index (κ1) is 18.1. The smallest absolute Gasteiger partial charge is 0.164 e. The van der Waals surface area contributed by atoms with Gasteiger partial charge in [-0.05, 0) is 18.1 Å². The van der Waals surface area contributed by atoms with Crippen molar-refractivity contribution in [1.82, 2.24) is 0 Å². The molecule has 0 aromatic heterocycles.